The fourth-order valence-electron chi connectivity index (χ4n) is 7.40. The van der Waals surface area contributed by atoms with Crippen molar-refractivity contribution in [1.29, 1.82) is 0 Å². The van der Waals surface area contributed by atoms with E-state index in [0.29, 0.717) is 34.0 Å². The quantitative estimate of drug-likeness (QED) is 0.158. The van der Waals surface area contributed by atoms with Gasteiger partial charge in [-0.25, -0.2) is 0 Å². The lowest BCUT2D eigenvalue weighted by Crippen LogP contribution is -2.12. The molecular weight excluding hydrogens is 760 g/mol. The molecular formula is C42H24F12N2. The van der Waals surface area contributed by atoms with Crippen LogP contribution in [0.3, 0.4) is 0 Å². The van der Waals surface area contributed by atoms with Gasteiger partial charge in [-0.1, -0.05) is 48.5 Å². The number of aromatic nitrogens is 2. The maximum atomic E-state index is 14.8. The Morgan fingerprint density at radius 1 is 0.339 bits per heavy atom. The Kier molecular flexibility index (Phi) is 8.13. The van der Waals surface area contributed by atoms with Gasteiger partial charge < -0.3 is 9.13 Å². The molecule has 14 heteroatoms. The van der Waals surface area contributed by atoms with Crippen molar-refractivity contribution in [3.8, 4) is 22.5 Å². The summed E-state index contributed by atoms with van der Waals surface area (Å²) < 4.78 is 175. The highest BCUT2D eigenvalue weighted by Gasteiger charge is 2.38. The minimum absolute atomic E-state index is 0.0504. The minimum Gasteiger partial charge on any atom is -0.309 e. The zero-order valence-electron chi connectivity index (χ0n) is 28.8. The molecule has 0 aliphatic rings. The number of halogens is 12. The third-order valence-electron chi connectivity index (χ3n) is 9.92. The van der Waals surface area contributed by atoms with Crippen molar-refractivity contribution in [2.24, 2.45) is 0 Å². The maximum Gasteiger partial charge on any atom is 0.418 e. The summed E-state index contributed by atoms with van der Waals surface area (Å²) in [6.07, 6.45) is -19.8. The van der Waals surface area contributed by atoms with Gasteiger partial charge in [-0.2, -0.15) is 52.7 Å². The molecule has 0 unspecified atom stereocenters. The first-order chi connectivity index (χ1) is 26.1. The van der Waals surface area contributed by atoms with Gasteiger partial charge in [-0.3, -0.25) is 0 Å². The zero-order valence-corrected chi connectivity index (χ0v) is 28.8. The highest BCUT2D eigenvalue weighted by molar-refractivity contribution is 6.11. The lowest BCUT2D eigenvalue weighted by atomic mass is 9.98. The summed E-state index contributed by atoms with van der Waals surface area (Å²) in [7, 11) is 0. The van der Waals surface area contributed by atoms with E-state index in [1.807, 2.05) is 0 Å². The van der Waals surface area contributed by atoms with Gasteiger partial charge in [0.1, 0.15) is 0 Å². The lowest BCUT2D eigenvalue weighted by molar-refractivity contribution is -0.138. The fourth-order valence-corrected chi connectivity index (χ4v) is 7.40. The van der Waals surface area contributed by atoms with Gasteiger partial charge in [0.2, 0.25) is 0 Å². The standard InChI is InChI=1S/C42H24F12N2/c1-21-3-9-27-29-11-7-25(39(43,44)45)19-35(29)55(33(27)15-21)37-17-23(5-13-31(37)41(49,50)51)24-6-14-32(42(52,53)54)38(18-24)56-34-16-22(2)4-10-28(34)30-12-8-26(20-36(30)56)40(46,47)48/h3-20H,1-2H3. The highest BCUT2D eigenvalue weighted by atomic mass is 19.4. The van der Waals surface area contributed by atoms with E-state index in [-0.39, 0.29) is 44.0 Å². The third kappa shape index (κ3) is 6.11. The van der Waals surface area contributed by atoms with Gasteiger partial charge in [0.25, 0.3) is 0 Å². The normalized spacial score (nSPS) is 13.2. The van der Waals surface area contributed by atoms with Crippen molar-refractivity contribution in [3.05, 3.63) is 143 Å². The van der Waals surface area contributed by atoms with Crippen LogP contribution in [0.2, 0.25) is 0 Å². The molecule has 2 nitrogen and oxygen atoms in total. The van der Waals surface area contributed by atoms with E-state index in [2.05, 4.69) is 0 Å². The third-order valence-corrected chi connectivity index (χ3v) is 9.92. The first-order valence-corrected chi connectivity index (χ1v) is 16.8. The second-order valence-corrected chi connectivity index (χ2v) is 13.6. The molecule has 8 rings (SSSR count). The number of hydrogen-bond acceptors (Lipinski definition) is 0. The van der Waals surface area contributed by atoms with E-state index in [1.54, 1.807) is 38.1 Å². The summed E-state index contributed by atoms with van der Waals surface area (Å²) >= 11 is 0. The molecule has 286 valence electrons. The Morgan fingerprint density at radius 3 is 0.982 bits per heavy atom. The van der Waals surface area contributed by atoms with Crippen molar-refractivity contribution in [1.82, 2.24) is 9.13 Å². The molecule has 2 heterocycles. The summed E-state index contributed by atoms with van der Waals surface area (Å²) in [6.45, 7) is 3.31. The Hall–Kier alpha value is -5.92. The van der Waals surface area contributed by atoms with Crippen LogP contribution in [0.5, 0.6) is 0 Å². The predicted octanol–water partition coefficient (Wildman–Crippen LogP) is 14.2. The second-order valence-electron chi connectivity index (χ2n) is 13.6. The molecule has 56 heavy (non-hydrogen) atoms. The Bertz CT molecular complexity index is 2690. The largest absolute Gasteiger partial charge is 0.418 e. The van der Waals surface area contributed by atoms with Gasteiger partial charge >= 0.3 is 24.7 Å². The molecule has 6 aromatic carbocycles. The summed E-state index contributed by atoms with van der Waals surface area (Å²) in [4.78, 5) is 0. The van der Waals surface area contributed by atoms with Crippen LogP contribution in [0, 0.1) is 13.8 Å². The van der Waals surface area contributed by atoms with Crippen LogP contribution < -0.4 is 0 Å². The predicted molar refractivity (Wildman–Crippen MR) is 190 cm³/mol. The summed E-state index contributed by atoms with van der Waals surface area (Å²) in [5.41, 5.74) is -4.90. The van der Waals surface area contributed by atoms with E-state index in [1.165, 1.54) is 24.3 Å². The van der Waals surface area contributed by atoms with Crippen LogP contribution >= 0.6 is 0 Å². The van der Waals surface area contributed by atoms with Gasteiger partial charge in [-0.05, 0) is 96.8 Å². The van der Waals surface area contributed by atoms with Crippen molar-refractivity contribution in [2.75, 3.05) is 0 Å². The van der Waals surface area contributed by atoms with E-state index in [0.717, 1.165) is 57.7 Å². The molecule has 0 aliphatic heterocycles. The Balaban J connectivity index is 1.45. The van der Waals surface area contributed by atoms with Crippen LogP contribution in [0.25, 0.3) is 66.1 Å². The molecule has 0 radical (unpaired) electrons. The molecule has 0 saturated carbocycles. The smallest absolute Gasteiger partial charge is 0.309 e. The van der Waals surface area contributed by atoms with E-state index in [4.69, 9.17) is 0 Å². The molecule has 8 aromatic rings. The van der Waals surface area contributed by atoms with E-state index in [9.17, 15) is 52.7 Å². The van der Waals surface area contributed by atoms with Crippen LogP contribution in [-0.4, -0.2) is 9.13 Å². The average Bonchev–Trinajstić information content (AvgIpc) is 3.60. The fraction of sp³-hybridized carbons (Fsp3) is 0.143. The molecule has 0 amide bonds. The van der Waals surface area contributed by atoms with Crippen LogP contribution in [-0.2, 0) is 24.7 Å². The van der Waals surface area contributed by atoms with E-state index >= 15 is 0 Å². The summed E-state index contributed by atoms with van der Waals surface area (Å²) in [5.74, 6) is 0. The lowest BCUT2D eigenvalue weighted by Gasteiger charge is -2.20. The number of nitrogens with zero attached hydrogens (tertiary/aromatic N) is 2. The van der Waals surface area contributed by atoms with Gasteiger partial charge in [0, 0.05) is 21.5 Å². The number of fused-ring (bicyclic) bond motifs is 6. The van der Waals surface area contributed by atoms with Crippen molar-refractivity contribution < 1.29 is 52.7 Å². The van der Waals surface area contributed by atoms with Crippen LogP contribution in [0.15, 0.2) is 109 Å². The molecule has 0 fully saturated rings. The van der Waals surface area contributed by atoms with Crippen LogP contribution in [0.1, 0.15) is 33.4 Å². The molecule has 0 N–H and O–H groups in total. The Morgan fingerprint density at radius 2 is 0.661 bits per heavy atom. The molecule has 0 atom stereocenters. The Labute approximate surface area is 308 Å². The van der Waals surface area contributed by atoms with Gasteiger partial charge in [0.05, 0.1) is 55.7 Å². The molecule has 2 aromatic heterocycles. The first kappa shape index (κ1) is 37.0. The van der Waals surface area contributed by atoms with Crippen LogP contribution in [0.4, 0.5) is 52.7 Å². The number of aryl methyl sites for hydroxylation is 2. The molecule has 0 saturated heterocycles. The van der Waals surface area contributed by atoms with Crippen molar-refractivity contribution in [3.63, 3.8) is 0 Å². The minimum atomic E-state index is -5.04. The highest BCUT2D eigenvalue weighted by Crippen LogP contribution is 2.45. The van der Waals surface area contributed by atoms with Crippen molar-refractivity contribution >= 4 is 43.6 Å². The first-order valence-electron chi connectivity index (χ1n) is 16.8. The number of rotatable bonds is 3. The maximum absolute atomic E-state index is 14.8. The topological polar surface area (TPSA) is 9.86 Å². The number of hydrogen-bond donors (Lipinski definition) is 0. The SMILES string of the molecule is Cc1ccc2c3ccc(C(F)(F)F)cc3n(-c3cc(-c4ccc(C(F)(F)F)c(-n5c6cc(C)ccc6c6ccc(C(F)(F)F)cc65)c4)ccc3C(F)(F)F)c2c1. The molecule has 0 spiro atoms. The number of benzene rings is 6. The number of alkyl halides is 12. The van der Waals surface area contributed by atoms with Gasteiger partial charge in [-0.15, -0.1) is 0 Å². The summed E-state index contributed by atoms with van der Waals surface area (Å²) in [5, 5.41) is 1.16. The molecule has 0 bridgehead atoms. The zero-order chi connectivity index (χ0) is 40.3. The monoisotopic (exact) mass is 784 g/mol. The van der Waals surface area contributed by atoms with Gasteiger partial charge in [0.15, 0.2) is 0 Å². The van der Waals surface area contributed by atoms with E-state index < -0.39 is 58.3 Å². The molecule has 0 aliphatic carbocycles. The van der Waals surface area contributed by atoms with Crippen molar-refractivity contribution in [2.45, 2.75) is 38.6 Å². The second kappa shape index (κ2) is 12.3. The average molecular weight is 785 g/mol. The summed E-state index contributed by atoms with van der Waals surface area (Å²) in [6, 6.07) is 20.5.